The molecule has 1 saturated carbocycles. The molecule has 0 aromatic rings. The van der Waals surface area contributed by atoms with Gasteiger partial charge in [0, 0.05) is 0 Å². The summed E-state index contributed by atoms with van der Waals surface area (Å²) >= 11 is 5.38. The fourth-order valence-corrected chi connectivity index (χ4v) is 1.23. The van der Waals surface area contributed by atoms with E-state index in [9.17, 15) is 4.79 Å². The van der Waals surface area contributed by atoms with E-state index in [0.29, 0.717) is 18.4 Å². The molecule has 0 heterocycles. The van der Waals surface area contributed by atoms with Crippen LogP contribution < -0.4 is 0 Å². The van der Waals surface area contributed by atoms with Crippen LogP contribution in [-0.2, 0) is 9.53 Å². The Balaban J connectivity index is 2.31. The average molecular weight is 177 g/mol. The van der Waals surface area contributed by atoms with Crippen molar-refractivity contribution in [2.24, 2.45) is 11.3 Å². The topological polar surface area (TPSA) is 26.3 Å². The highest BCUT2D eigenvalue weighted by Gasteiger charge is 2.54. The van der Waals surface area contributed by atoms with Gasteiger partial charge in [0.05, 0.1) is 11.3 Å². The van der Waals surface area contributed by atoms with Crippen molar-refractivity contribution in [3.05, 3.63) is 0 Å². The Kier molecular flexibility index (Phi) is 2.43. The van der Waals surface area contributed by atoms with E-state index in [2.05, 4.69) is 6.92 Å². The Morgan fingerprint density at radius 2 is 2.36 bits per heavy atom. The summed E-state index contributed by atoms with van der Waals surface area (Å²) in [6, 6.07) is 0. The third kappa shape index (κ3) is 1.67. The molecule has 2 atom stereocenters. The summed E-state index contributed by atoms with van der Waals surface area (Å²) in [6.45, 7) is 4.33. The van der Waals surface area contributed by atoms with Gasteiger partial charge in [0.2, 0.25) is 0 Å². The van der Waals surface area contributed by atoms with E-state index in [1.54, 1.807) is 0 Å². The lowest BCUT2D eigenvalue weighted by molar-refractivity contribution is -0.149. The molecular formula is C8H13ClO2. The van der Waals surface area contributed by atoms with Crippen LogP contribution in [0.5, 0.6) is 0 Å². The highest BCUT2D eigenvalue weighted by atomic mass is 35.5. The van der Waals surface area contributed by atoms with E-state index in [4.69, 9.17) is 16.3 Å². The molecule has 0 radical (unpaired) electrons. The normalized spacial score (nSPS) is 35.0. The van der Waals surface area contributed by atoms with Crippen LogP contribution in [-0.4, -0.2) is 18.5 Å². The van der Waals surface area contributed by atoms with Gasteiger partial charge < -0.3 is 4.74 Å². The number of carbonyl (C=O) groups excluding carboxylic acids is 1. The van der Waals surface area contributed by atoms with Gasteiger partial charge in [-0.3, -0.25) is 4.79 Å². The molecule has 0 aliphatic heterocycles. The molecule has 0 N–H and O–H groups in total. The molecule has 64 valence electrons. The zero-order valence-corrected chi connectivity index (χ0v) is 7.65. The van der Waals surface area contributed by atoms with Crippen molar-refractivity contribution in [1.29, 1.82) is 0 Å². The average Bonchev–Trinajstić information content (AvgIpc) is 2.56. The lowest BCUT2D eigenvalue weighted by Crippen LogP contribution is -2.18. The largest absolute Gasteiger partial charge is 0.464 e. The van der Waals surface area contributed by atoms with Gasteiger partial charge in [-0.25, -0.2) is 0 Å². The Morgan fingerprint density at radius 3 is 2.73 bits per heavy atom. The highest BCUT2D eigenvalue weighted by Crippen LogP contribution is 2.52. The fourth-order valence-electron chi connectivity index (χ4n) is 1.16. The minimum Gasteiger partial charge on any atom is -0.464 e. The molecule has 0 bridgehead atoms. The first kappa shape index (κ1) is 8.85. The number of alkyl halides is 1. The van der Waals surface area contributed by atoms with Crippen LogP contribution in [0.1, 0.15) is 20.3 Å². The van der Waals surface area contributed by atoms with E-state index in [-0.39, 0.29) is 11.4 Å². The summed E-state index contributed by atoms with van der Waals surface area (Å²) in [5.74, 6) is 0.770. The first-order valence-electron chi connectivity index (χ1n) is 3.84. The van der Waals surface area contributed by atoms with E-state index in [1.807, 2.05) is 6.92 Å². The van der Waals surface area contributed by atoms with Crippen molar-refractivity contribution in [3.63, 3.8) is 0 Å². The predicted octanol–water partition coefficient (Wildman–Crippen LogP) is 1.81. The van der Waals surface area contributed by atoms with Gasteiger partial charge >= 0.3 is 5.97 Å². The molecular weight excluding hydrogens is 164 g/mol. The Morgan fingerprint density at radius 1 is 1.82 bits per heavy atom. The standard InChI is InChI=1S/C8H13ClO2/c1-6-5-8(6,2)7(10)11-4-3-9/h6H,3-5H2,1-2H3. The first-order valence-corrected chi connectivity index (χ1v) is 4.38. The molecule has 0 spiro atoms. The van der Waals surface area contributed by atoms with Crippen molar-refractivity contribution < 1.29 is 9.53 Å². The molecule has 0 amide bonds. The summed E-state index contributed by atoms with van der Waals surface area (Å²) in [5, 5.41) is 0. The van der Waals surface area contributed by atoms with Crippen molar-refractivity contribution in [2.45, 2.75) is 20.3 Å². The monoisotopic (exact) mass is 176 g/mol. The van der Waals surface area contributed by atoms with E-state index < -0.39 is 0 Å². The van der Waals surface area contributed by atoms with Crippen molar-refractivity contribution in [3.8, 4) is 0 Å². The molecule has 0 aromatic heterocycles. The third-order valence-corrected chi connectivity index (χ3v) is 2.59. The van der Waals surface area contributed by atoms with Crippen molar-refractivity contribution >= 4 is 17.6 Å². The van der Waals surface area contributed by atoms with Crippen LogP contribution in [0.15, 0.2) is 0 Å². The van der Waals surface area contributed by atoms with Gasteiger partial charge in [-0.05, 0) is 19.3 Å². The van der Waals surface area contributed by atoms with Crippen LogP contribution in [0.4, 0.5) is 0 Å². The quantitative estimate of drug-likeness (QED) is 0.484. The zero-order chi connectivity index (χ0) is 8.48. The molecule has 0 saturated heterocycles. The maximum atomic E-state index is 11.2. The number of halogens is 1. The molecule has 2 nitrogen and oxygen atoms in total. The van der Waals surface area contributed by atoms with Gasteiger partial charge in [0.25, 0.3) is 0 Å². The minimum atomic E-state index is -0.202. The van der Waals surface area contributed by atoms with Gasteiger partial charge in [0.15, 0.2) is 0 Å². The van der Waals surface area contributed by atoms with Gasteiger partial charge in [0.1, 0.15) is 6.61 Å². The summed E-state index contributed by atoms with van der Waals surface area (Å²) in [4.78, 5) is 11.2. The third-order valence-electron chi connectivity index (χ3n) is 2.43. The second-order valence-electron chi connectivity index (χ2n) is 3.35. The van der Waals surface area contributed by atoms with Crippen LogP contribution in [0, 0.1) is 11.3 Å². The fraction of sp³-hybridized carbons (Fsp3) is 0.875. The van der Waals surface area contributed by atoms with E-state index >= 15 is 0 Å². The van der Waals surface area contributed by atoms with Crippen LogP contribution >= 0.6 is 11.6 Å². The van der Waals surface area contributed by atoms with Crippen molar-refractivity contribution in [2.75, 3.05) is 12.5 Å². The zero-order valence-electron chi connectivity index (χ0n) is 6.89. The Hall–Kier alpha value is -0.240. The molecule has 1 aliphatic carbocycles. The molecule has 2 unspecified atom stereocenters. The number of carbonyl (C=O) groups is 1. The molecule has 3 heteroatoms. The van der Waals surface area contributed by atoms with Crippen molar-refractivity contribution in [1.82, 2.24) is 0 Å². The number of ether oxygens (including phenoxy) is 1. The number of rotatable bonds is 3. The Labute approximate surface area is 71.9 Å². The summed E-state index contributed by atoms with van der Waals surface area (Å²) in [7, 11) is 0. The lowest BCUT2D eigenvalue weighted by atomic mass is 10.1. The highest BCUT2D eigenvalue weighted by molar-refractivity contribution is 6.18. The lowest BCUT2D eigenvalue weighted by Gasteiger charge is -2.08. The second-order valence-corrected chi connectivity index (χ2v) is 3.73. The van der Waals surface area contributed by atoms with E-state index in [0.717, 1.165) is 6.42 Å². The SMILES string of the molecule is CC1CC1(C)C(=O)OCCCl. The number of esters is 1. The van der Waals surface area contributed by atoms with Crippen LogP contribution in [0.3, 0.4) is 0 Å². The number of hydrogen-bond donors (Lipinski definition) is 0. The van der Waals surface area contributed by atoms with Gasteiger partial charge in [-0.1, -0.05) is 6.92 Å². The summed E-state index contributed by atoms with van der Waals surface area (Å²) in [6.07, 6.45) is 0.952. The van der Waals surface area contributed by atoms with Crippen LogP contribution in [0.2, 0.25) is 0 Å². The van der Waals surface area contributed by atoms with Gasteiger partial charge in [-0.15, -0.1) is 11.6 Å². The molecule has 0 aromatic carbocycles. The Bertz CT molecular complexity index is 169. The molecule has 11 heavy (non-hydrogen) atoms. The number of hydrogen-bond acceptors (Lipinski definition) is 2. The maximum absolute atomic E-state index is 11.2. The predicted molar refractivity (Wildman–Crippen MR) is 43.6 cm³/mol. The smallest absolute Gasteiger partial charge is 0.312 e. The van der Waals surface area contributed by atoms with E-state index in [1.165, 1.54) is 0 Å². The van der Waals surface area contributed by atoms with Crippen LogP contribution in [0.25, 0.3) is 0 Å². The first-order chi connectivity index (χ1) is 5.11. The molecule has 1 fully saturated rings. The summed E-state index contributed by atoms with van der Waals surface area (Å²) < 4.78 is 4.92. The molecule has 1 aliphatic rings. The minimum absolute atomic E-state index is 0.0920. The second kappa shape index (κ2) is 3.02. The summed E-state index contributed by atoms with van der Waals surface area (Å²) in [5.41, 5.74) is -0.202. The van der Waals surface area contributed by atoms with Gasteiger partial charge in [-0.2, -0.15) is 0 Å². The molecule has 1 rings (SSSR count). The maximum Gasteiger partial charge on any atom is 0.312 e.